The Morgan fingerprint density at radius 1 is 1.00 bits per heavy atom. The van der Waals surface area contributed by atoms with E-state index in [1.807, 2.05) is 50.6 Å². The van der Waals surface area contributed by atoms with Crippen molar-refractivity contribution >= 4 is 5.78 Å². The molecule has 0 spiro atoms. The molecule has 1 rings (SSSR count). The second-order valence-corrected chi connectivity index (χ2v) is 2.52. The van der Waals surface area contributed by atoms with Gasteiger partial charge in [-0.3, -0.25) is 4.79 Å². The van der Waals surface area contributed by atoms with Crippen LogP contribution < -0.4 is 5.32 Å². The van der Waals surface area contributed by atoms with Crippen LogP contribution >= 0.6 is 0 Å². The number of hydrogen-bond acceptors (Lipinski definition) is 2. The van der Waals surface area contributed by atoms with Gasteiger partial charge in [-0.05, 0) is 12.2 Å². The first-order valence-corrected chi connectivity index (χ1v) is 4.57. The molecule has 1 N–H and O–H groups in total. The Balaban J connectivity index is 0.000000226. The second kappa shape index (κ2) is 8.78. The van der Waals surface area contributed by atoms with Gasteiger partial charge in [-0.15, -0.1) is 0 Å². The van der Waals surface area contributed by atoms with Crippen molar-refractivity contribution in [1.29, 1.82) is 0 Å². The zero-order valence-electron chi connectivity index (χ0n) is 8.29. The fourth-order valence-electron chi connectivity index (χ4n) is 0.656. The Bertz CT molecular complexity index is 194. The van der Waals surface area contributed by atoms with Gasteiger partial charge >= 0.3 is 0 Å². The number of nitrogens with one attached hydrogen (secondary N) is 1. The molecule has 2 nitrogen and oxygen atoms in total. The molecule has 1 aliphatic rings. The van der Waals surface area contributed by atoms with E-state index in [0.29, 0.717) is 18.6 Å². The van der Waals surface area contributed by atoms with Crippen molar-refractivity contribution in [2.24, 2.45) is 0 Å². The van der Waals surface area contributed by atoms with Crippen LogP contribution in [0, 0.1) is 0 Å². The molecule has 0 atom stereocenters. The van der Waals surface area contributed by atoms with Crippen LogP contribution in [0.1, 0.15) is 26.7 Å². The number of rotatable bonds is 2. The number of allylic oxidation sites excluding steroid dienone is 4. The normalized spacial score (nSPS) is 12.5. The molecule has 0 aromatic rings. The molecule has 1 aliphatic heterocycles. The molecule has 0 aromatic heterocycles. The largest absolute Gasteiger partial charge is 0.368 e. The highest BCUT2D eigenvalue weighted by atomic mass is 16.1. The molecule has 0 bridgehead atoms. The lowest BCUT2D eigenvalue weighted by molar-refractivity contribution is -0.118. The predicted molar refractivity (Wildman–Crippen MR) is 56.1 cm³/mol. The van der Waals surface area contributed by atoms with Crippen LogP contribution in [0.3, 0.4) is 0 Å². The summed E-state index contributed by atoms with van der Waals surface area (Å²) in [6.07, 6.45) is 13.0. The maximum Gasteiger partial charge on any atom is 0.132 e. The standard InChI is InChI=1S/C6H7N.C5H10O/c1-2-4-6-7-5-3-1;1-3-5(6)4-2/h1-7H;3-4H2,1-2H3. The van der Waals surface area contributed by atoms with Gasteiger partial charge in [0.25, 0.3) is 0 Å². The van der Waals surface area contributed by atoms with E-state index in [9.17, 15) is 4.79 Å². The molecule has 0 aliphatic carbocycles. The molecule has 2 heteroatoms. The monoisotopic (exact) mass is 179 g/mol. The van der Waals surface area contributed by atoms with Crippen LogP contribution in [0.2, 0.25) is 0 Å². The molecule has 72 valence electrons. The van der Waals surface area contributed by atoms with Crippen molar-refractivity contribution in [3.63, 3.8) is 0 Å². The maximum atomic E-state index is 10.2. The smallest absolute Gasteiger partial charge is 0.132 e. The molecule has 0 amide bonds. The van der Waals surface area contributed by atoms with E-state index in [0.717, 1.165) is 0 Å². The molecule has 0 radical (unpaired) electrons. The van der Waals surface area contributed by atoms with Crippen molar-refractivity contribution in [2.45, 2.75) is 26.7 Å². The minimum absolute atomic E-state index is 0.343. The van der Waals surface area contributed by atoms with Gasteiger partial charge in [0.2, 0.25) is 0 Å². The highest BCUT2D eigenvalue weighted by Gasteiger charge is 1.86. The Kier molecular flexibility index (Phi) is 7.90. The summed E-state index contributed by atoms with van der Waals surface area (Å²) in [5.74, 6) is 0.343. The van der Waals surface area contributed by atoms with Crippen LogP contribution in [-0.4, -0.2) is 5.78 Å². The number of carbonyl (C=O) groups is 1. The Morgan fingerprint density at radius 3 is 1.77 bits per heavy atom. The molecular weight excluding hydrogens is 162 g/mol. The molecule has 0 saturated heterocycles. The van der Waals surface area contributed by atoms with Crippen molar-refractivity contribution in [2.75, 3.05) is 0 Å². The van der Waals surface area contributed by atoms with E-state index in [4.69, 9.17) is 0 Å². The van der Waals surface area contributed by atoms with Crippen molar-refractivity contribution in [3.8, 4) is 0 Å². The lowest BCUT2D eigenvalue weighted by Gasteiger charge is -1.81. The summed E-state index contributed by atoms with van der Waals surface area (Å²) < 4.78 is 0. The van der Waals surface area contributed by atoms with E-state index in [1.165, 1.54) is 0 Å². The zero-order chi connectivity index (χ0) is 9.94. The third-order valence-electron chi connectivity index (χ3n) is 1.51. The lowest BCUT2D eigenvalue weighted by atomic mass is 10.3. The van der Waals surface area contributed by atoms with E-state index in [1.54, 1.807) is 0 Å². The van der Waals surface area contributed by atoms with Crippen LogP contribution in [0.15, 0.2) is 36.7 Å². The highest BCUT2D eigenvalue weighted by Crippen LogP contribution is 1.83. The first kappa shape index (κ1) is 11.7. The van der Waals surface area contributed by atoms with Crippen LogP contribution in [0.25, 0.3) is 0 Å². The molecule has 13 heavy (non-hydrogen) atoms. The van der Waals surface area contributed by atoms with Gasteiger partial charge in [-0.25, -0.2) is 0 Å². The number of ketones is 1. The Labute approximate surface area is 80.0 Å². The minimum atomic E-state index is 0.343. The first-order valence-electron chi connectivity index (χ1n) is 4.57. The van der Waals surface area contributed by atoms with Gasteiger partial charge in [-0.1, -0.05) is 26.0 Å². The molecule has 0 saturated carbocycles. The van der Waals surface area contributed by atoms with Gasteiger partial charge in [0.1, 0.15) is 5.78 Å². The molecular formula is C11H17NO. The van der Waals surface area contributed by atoms with Crippen LogP contribution in [-0.2, 0) is 4.79 Å². The highest BCUT2D eigenvalue weighted by molar-refractivity contribution is 5.77. The Morgan fingerprint density at radius 2 is 1.46 bits per heavy atom. The van der Waals surface area contributed by atoms with Gasteiger partial charge < -0.3 is 5.32 Å². The molecule has 0 fully saturated rings. The van der Waals surface area contributed by atoms with Gasteiger partial charge in [0.05, 0.1) is 0 Å². The molecule has 0 aromatic carbocycles. The average Bonchev–Trinajstić information content (AvgIpc) is 2.49. The topological polar surface area (TPSA) is 29.1 Å². The lowest BCUT2D eigenvalue weighted by Crippen LogP contribution is -1.88. The summed E-state index contributed by atoms with van der Waals surface area (Å²) in [5.41, 5.74) is 0. The van der Waals surface area contributed by atoms with Crippen molar-refractivity contribution < 1.29 is 4.79 Å². The fraction of sp³-hybridized carbons (Fsp3) is 0.364. The van der Waals surface area contributed by atoms with Crippen molar-refractivity contribution in [3.05, 3.63) is 36.7 Å². The van der Waals surface area contributed by atoms with Crippen LogP contribution in [0.4, 0.5) is 0 Å². The average molecular weight is 179 g/mol. The third kappa shape index (κ3) is 8.60. The van der Waals surface area contributed by atoms with Gasteiger partial charge in [0.15, 0.2) is 0 Å². The summed E-state index contributed by atoms with van der Waals surface area (Å²) >= 11 is 0. The zero-order valence-corrected chi connectivity index (χ0v) is 8.29. The predicted octanol–water partition coefficient (Wildman–Crippen LogP) is 2.55. The summed E-state index contributed by atoms with van der Waals surface area (Å²) in [6.45, 7) is 3.76. The Hall–Kier alpha value is -1.31. The van der Waals surface area contributed by atoms with Crippen LogP contribution in [0.5, 0.6) is 0 Å². The first-order chi connectivity index (χ1) is 6.31. The maximum absolute atomic E-state index is 10.2. The summed E-state index contributed by atoms with van der Waals surface area (Å²) in [5, 5.41) is 2.92. The summed E-state index contributed by atoms with van der Waals surface area (Å²) in [4.78, 5) is 10.2. The van der Waals surface area contributed by atoms with E-state index >= 15 is 0 Å². The molecule has 0 unspecified atom stereocenters. The SMILES string of the molecule is C1=CC=CNC=C1.CCC(=O)CC. The second-order valence-electron chi connectivity index (χ2n) is 2.52. The van der Waals surface area contributed by atoms with E-state index in [-0.39, 0.29) is 0 Å². The van der Waals surface area contributed by atoms with Gasteiger partial charge in [0, 0.05) is 25.2 Å². The van der Waals surface area contributed by atoms with E-state index < -0.39 is 0 Å². The third-order valence-corrected chi connectivity index (χ3v) is 1.51. The molecule has 1 heterocycles. The summed E-state index contributed by atoms with van der Waals surface area (Å²) in [7, 11) is 0. The fourth-order valence-corrected chi connectivity index (χ4v) is 0.656. The number of carbonyl (C=O) groups excluding carboxylic acids is 1. The van der Waals surface area contributed by atoms with Gasteiger partial charge in [-0.2, -0.15) is 0 Å². The van der Waals surface area contributed by atoms with E-state index in [2.05, 4.69) is 5.32 Å². The minimum Gasteiger partial charge on any atom is -0.368 e. The number of hydrogen-bond donors (Lipinski definition) is 1. The number of Topliss-reactive ketones (excluding diaryl/α,β-unsaturated/α-hetero) is 1. The van der Waals surface area contributed by atoms with Crippen molar-refractivity contribution in [1.82, 2.24) is 5.32 Å². The summed E-state index contributed by atoms with van der Waals surface area (Å²) in [6, 6.07) is 0. The quantitative estimate of drug-likeness (QED) is 0.705.